The number of nitrogens with two attached hydrogens (primary N) is 1. The lowest BCUT2D eigenvalue weighted by Gasteiger charge is -2.22. The van der Waals surface area contributed by atoms with Crippen LogP contribution in [0.4, 0.5) is 0 Å². The third-order valence-corrected chi connectivity index (χ3v) is 4.19. The summed E-state index contributed by atoms with van der Waals surface area (Å²) in [6.45, 7) is 4.68. The average Bonchev–Trinajstić information content (AvgIpc) is 2.31. The first-order valence-electron chi connectivity index (χ1n) is 6.25. The van der Waals surface area contributed by atoms with Crippen LogP contribution in [-0.4, -0.2) is 12.4 Å². The molecule has 0 amide bonds. The summed E-state index contributed by atoms with van der Waals surface area (Å²) < 4.78 is 7.69. The second-order valence-electron chi connectivity index (χ2n) is 5.18. The number of hydrogen-bond donors (Lipinski definition) is 2. The summed E-state index contributed by atoms with van der Waals surface area (Å²) in [6.07, 6.45) is 2.87. The van der Waals surface area contributed by atoms with Gasteiger partial charge in [-0.25, -0.2) is 0 Å². The van der Waals surface area contributed by atoms with Gasteiger partial charge in [-0.3, -0.25) is 5.41 Å². The van der Waals surface area contributed by atoms with Crippen molar-refractivity contribution in [3.05, 3.63) is 27.1 Å². The molecule has 0 saturated heterocycles. The van der Waals surface area contributed by atoms with E-state index in [1.807, 2.05) is 32.0 Å². The highest BCUT2D eigenvalue weighted by atomic mass is 79.9. The lowest BCUT2D eigenvalue weighted by Crippen LogP contribution is -2.30. The zero-order valence-electron chi connectivity index (χ0n) is 11.3. The van der Waals surface area contributed by atoms with Crippen molar-refractivity contribution in [3.8, 4) is 5.75 Å². The highest BCUT2D eigenvalue weighted by Crippen LogP contribution is 2.28. The second-order valence-corrected chi connectivity index (χ2v) is 6.95. The van der Waals surface area contributed by atoms with E-state index in [1.165, 1.54) is 0 Å². The van der Waals surface area contributed by atoms with Crippen LogP contribution in [0.1, 0.15) is 33.1 Å². The van der Waals surface area contributed by atoms with Crippen LogP contribution in [0.5, 0.6) is 5.75 Å². The summed E-state index contributed by atoms with van der Waals surface area (Å²) in [6, 6.07) is 5.86. The summed E-state index contributed by atoms with van der Waals surface area (Å²) in [5, 5.41) is 7.50. The van der Waals surface area contributed by atoms with Gasteiger partial charge in [-0.15, -0.1) is 0 Å². The molecule has 0 saturated carbocycles. The summed E-state index contributed by atoms with van der Waals surface area (Å²) >= 11 is 6.87. The van der Waals surface area contributed by atoms with Crippen molar-refractivity contribution in [3.63, 3.8) is 0 Å². The maximum Gasteiger partial charge on any atom is 0.133 e. The fraction of sp³-hybridized carbons (Fsp3) is 0.500. The van der Waals surface area contributed by atoms with Gasteiger partial charge in [0, 0.05) is 9.89 Å². The Kier molecular flexibility index (Phi) is 6.33. The molecule has 3 nitrogen and oxygen atoms in total. The monoisotopic (exact) mass is 390 g/mol. The Balaban J connectivity index is 2.30. The van der Waals surface area contributed by atoms with E-state index < -0.39 is 0 Å². The molecule has 0 aromatic heterocycles. The molecule has 0 radical (unpaired) electrons. The third-order valence-electron chi connectivity index (χ3n) is 3.08. The zero-order chi connectivity index (χ0) is 14.5. The molecule has 5 heteroatoms. The number of rotatable bonds is 7. The third kappa shape index (κ3) is 5.53. The van der Waals surface area contributed by atoms with Gasteiger partial charge in [0.05, 0.1) is 16.9 Å². The molecular weight excluding hydrogens is 372 g/mol. The van der Waals surface area contributed by atoms with Gasteiger partial charge in [0.1, 0.15) is 5.75 Å². The molecule has 0 bridgehead atoms. The van der Waals surface area contributed by atoms with Crippen LogP contribution < -0.4 is 10.5 Å². The molecule has 0 fully saturated rings. The Bertz CT molecular complexity index is 447. The average molecular weight is 392 g/mol. The van der Waals surface area contributed by atoms with Crippen molar-refractivity contribution in [2.24, 2.45) is 11.1 Å². The van der Waals surface area contributed by atoms with Crippen LogP contribution in [0, 0.1) is 10.8 Å². The lowest BCUT2D eigenvalue weighted by molar-refractivity contribution is 0.294. The molecule has 19 heavy (non-hydrogen) atoms. The number of amidine groups is 1. The van der Waals surface area contributed by atoms with Crippen LogP contribution in [0.2, 0.25) is 0 Å². The summed E-state index contributed by atoms with van der Waals surface area (Å²) in [5.41, 5.74) is 5.34. The minimum Gasteiger partial charge on any atom is -0.492 e. The quantitative estimate of drug-likeness (QED) is 0.401. The molecule has 0 aliphatic heterocycles. The van der Waals surface area contributed by atoms with E-state index in [1.54, 1.807) is 0 Å². The first-order valence-corrected chi connectivity index (χ1v) is 7.84. The molecule has 1 aromatic carbocycles. The number of nitrogens with one attached hydrogen (secondary N) is 1. The van der Waals surface area contributed by atoms with Crippen LogP contribution in [0.25, 0.3) is 0 Å². The van der Waals surface area contributed by atoms with Crippen LogP contribution >= 0.6 is 31.9 Å². The smallest absolute Gasteiger partial charge is 0.133 e. The molecule has 106 valence electrons. The van der Waals surface area contributed by atoms with E-state index in [4.69, 9.17) is 15.9 Å². The van der Waals surface area contributed by atoms with Gasteiger partial charge in [-0.1, -0.05) is 29.8 Å². The van der Waals surface area contributed by atoms with E-state index in [-0.39, 0.29) is 11.3 Å². The summed E-state index contributed by atoms with van der Waals surface area (Å²) in [4.78, 5) is 0. The second kappa shape index (κ2) is 7.29. The fourth-order valence-electron chi connectivity index (χ4n) is 1.58. The number of benzene rings is 1. The first-order chi connectivity index (χ1) is 8.83. The predicted octanol–water partition coefficient (Wildman–Crippen LogP) is 4.72. The van der Waals surface area contributed by atoms with Gasteiger partial charge in [-0.2, -0.15) is 0 Å². The maximum absolute atomic E-state index is 7.50. The van der Waals surface area contributed by atoms with Gasteiger partial charge in [-0.05, 0) is 53.4 Å². The van der Waals surface area contributed by atoms with E-state index in [2.05, 4.69) is 31.9 Å². The topological polar surface area (TPSA) is 59.1 Å². The fourth-order valence-corrected chi connectivity index (χ4v) is 2.74. The van der Waals surface area contributed by atoms with Crippen molar-refractivity contribution < 1.29 is 4.74 Å². The van der Waals surface area contributed by atoms with Crippen molar-refractivity contribution in [2.45, 2.75) is 33.1 Å². The Morgan fingerprint density at radius 1 is 1.32 bits per heavy atom. The first kappa shape index (κ1) is 16.5. The Morgan fingerprint density at radius 2 is 2.00 bits per heavy atom. The van der Waals surface area contributed by atoms with Crippen LogP contribution in [0.15, 0.2) is 27.1 Å². The van der Waals surface area contributed by atoms with Crippen molar-refractivity contribution in [2.75, 3.05) is 6.61 Å². The SMILES string of the molecule is CC(C)(CCCCOc1ccc(Br)cc1Br)C(=N)N. The number of hydrogen-bond acceptors (Lipinski definition) is 2. The Morgan fingerprint density at radius 3 is 2.58 bits per heavy atom. The number of halogens is 2. The summed E-state index contributed by atoms with van der Waals surface area (Å²) in [7, 11) is 0. The maximum atomic E-state index is 7.50. The molecule has 1 aromatic rings. The number of ether oxygens (including phenoxy) is 1. The molecule has 0 aliphatic rings. The standard InChI is InChI=1S/C14H20Br2N2O/c1-14(2,13(17)18)7-3-4-8-19-12-6-5-10(15)9-11(12)16/h5-6,9H,3-4,7-8H2,1-2H3,(H3,17,18). The zero-order valence-corrected chi connectivity index (χ0v) is 14.5. The molecule has 0 atom stereocenters. The van der Waals surface area contributed by atoms with E-state index in [0.29, 0.717) is 6.61 Å². The van der Waals surface area contributed by atoms with Crippen molar-refractivity contribution in [1.82, 2.24) is 0 Å². The van der Waals surface area contributed by atoms with Crippen LogP contribution in [0.3, 0.4) is 0 Å². The van der Waals surface area contributed by atoms with Gasteiger partial charge < -0.3 is 10.5 Å². The predicted molar refractivity (Wildman–Crippen MR) is 86.9 cm³/mol. The van der Waals surface area contributed by atoms with E-state index in [0.717, 1.165) is 34.0 Å². The van der Waals surface area contributed by atoms with Gasteiger partial charge in [0.15, 0.2) is 0 Å². The lowest BCUT2D eigenvalue weighted by atomic mass is 9.86. The van der Waals surface area contributed by atoms with Crippen molar-refractivity contribution in [1.29, 1.82) is 5.41 Å². The van der Waals surface area contributed by atoms with Gasteiger partial charge in [0.2, 0.25) is 0 Å². The minimum absolute atomic E-state index is 0.210. The van der Waals surface area contributed by atoms with Gasteiger partial charge >= 0.3 is 0 Å². The number of unbranched alkanes of at least 4 members (excludes halogenated alkanes) is 1. The molecular formula is C14H20Br2N2O. The van der Waals surface area contributed by atoms with E-state index >= 15 is 0 Å². The Hall–Kier alpha value is -0.550. The normalized spacial score (nSPS) is 11.4. The van der Waals surface area contributed by atoms with E-state index in [9.17, 15) is 0 Å². The molecule has 0 spiro atoms. The van der Waals surface area contributed by atoms with Gasteiger partial charge in [0.25, 0.3) is 0 Å². The highest BCUT2D eigenvalue weighted by Gasteiger charge is 2.20. The molecule has 0 aliphatic carbocycles. The summed E-state index contributed by atoms with van der Waals surface area (Å²) in [5.74, 6) is 1.11. The highest BCUT2D eigenvalue weighted by molar-refractivity contribution is 9.11. The largest absolute Gasteiger partial charge is 0.492 e. The molecule has 0 unspecified atom stereocenters. The molecule has 0 heterocycles. The molecule has 1 rings (SSSR count). The van der Waals surface area contributed by atoms with Crippen LogP contribution in [-0.2, 0) is 0 Å². The Labute approximate surface area is 131 Å². The minimum atomic E-state index is -0.210. The van der Waals surface area contributed by atoms with Crippen molar-refractivity contribution >= 4 is 37.7 Å². The molecule has 3 N–H and O–H groups in total.